The normalized spacial score (nSPS) is 19.1. The van der Waals surface area contributed by atoms with Gasteiger partial charge in [-0.15, -0.1) is 0 Å². The molecule has 0 spiro atoms. The second-order valence-electron chi connectivity index (χ2n) is 8.07. The molecule has 2 aromatic carbocycles. The van der Waals surface area contributed by atoms with Crippen LogP contribution >= 0.6 is 11.6 Å². The minimum absolute atomic E-state index is 0.104. The van der Waals surface area contributed by atoms with Gasteiger partial charge in [-0.1, -0.05) is 55.3 Å². The number of nitrogens with zero attached hydrogens (tertiary/aromatic N) is 1. The number of amides is 1. The van der Waals surface area contributed by atoms with Crippen LogP contribution in [0, 0.1) is 5.92 Å². The summed E-state index contributed by atoms with van der Waals surface area (Å²) in [4.78, 5) is 16.7. The van der Waals surface area contributed by atoms with Crippen molar-refractivity contribution in [2.45, 2.75) is 45.7 Å². The van der Waals surface area contributed by atoms with Crippen LogP contribution in [0.15, 0.2) is 48.5 Å². The molecule has 2 N–H and O–H groups in total. The fourth-order valence-electron chi connectivity index (χ4n) is 4.09. The van der Waals surface area contributed by atoms with Crippen molar-refractivity contribution in [3.63, 3.8) is 0 Å². The molecule has 1 amide bonds. The summed E-state index contributed by atoms with van der Waals surface area (Å²) in [5.41, 5.74) is 2.07. The average molecular weight is 416 g/mol. The van der Waals surface area contributed by atoms with Crippen molar-refractivity contribution >= 4 is 17.5 Å². The Morgan fingerprint density at radius 1 is 1.17 bits per heavy atom. The lowest BCUT2D eigenvalue weighted by Crippen LogP contribution is -3.11. The van der Waals surface area contributed by atoms with E-state index < -0.39 is 0 Å². The van der Waals surface area contributed by atoms with E-state index in [0.717, 1.165) is 57.4 Å². The monoisotopic (exact) mass is 415 g/mol. The first-order chi connectivity index (χ1) is 14.1. The van der Waals surface area contributed by atoms with Gasteiger partial charge in [-0.3, -0.25) is 4.79 Å². The van der Waals surface area contributed by atoms with Gasteiger partial charge in [0.25, 0.3) is 0 Å². The number of carbonyl (C=O) groups is 1. The van der Waals surface area contributed by atoms with Crippen molar-refractivity contribution in [1.29, 1.82) is 0 Å². The first kappa shape index (κ1) is 21.7. The van der Waals surface area contributed by atoms with Gasteiger partial charge in [0.2, 0.25) is 5.91 Å². The number of benzene rings is 2. The van der Waals surface area contributed by atoms with Gasteiger partial charge in [0.05, 0.1) is 13.1 Å². The molecule has 4 nitrogen and oxygen atoms in total. The van der Waals surface area contributed by atoms with Crippen LogP contribution in [-0.2, 0) is 17.9 Å². The molecule has 0 saturated carbocycles. The van der Waals surface area contributed by atoms with Gasteiger partial charge in [-0.05, 0) is 30.2 Å². The Morgan fingerprint density at radius 2 is 1.90 bits per heavy atom. The lowest BCUT2D eigenvalue weighted by atomic mass is 9.94. The van der Waals surface area contributed by atoms with Crippen molar-refractivity contribution in [3.8, 4) is 5.75 Å². The molecule has 1 aliphatic heterocycles. The Bertz CT molecular complexity index is 789. The van der Waals surface area contributed by atoms with Gasteiger partial charge in [0, 0.05) is 42.4 Å². The quantitative estimate of drug-likeness (QED) is 0.690. The number of phenols is 1. The third kappa shape index (κ3) is 6.22. The van der Waals surface area contributed by atoms with E-state index in [4.69, 9.17) is 11.6 Å². The maximum absolute atomic E-state index is 13.2. The number of quaternary nitrogens is 1. The molecule has 1 saturated heterocycles. The second-order valence-corrected chi connectivity index (χ2v) is 8.51. The molecule has 0 unspecified atom stereocenters. The Balaban J connectivity index is 1.57. The maximum Gasteiger partial charge on any atom is 0.226 e. The zero-order valence-corrected chi connectivity index (χ0v) is 18.0. The Morgan fingerprint density at radius 3 is 2.59 bits per heavy atom. The zero-order chi connectivity index (χ0) is 20.6. The number of carbonyl (C=O) groups excluding carboxylic acids is 1. The molecule has 1 fully saturated rings. The summed E-state index contributed by atoms with van der Waals surface area (Å²) in [5, 5.41) is 10.7. The number of phenolic OH excluding ortho intramolecular Hbond substituents is 1. The van der Waals surface area contributed by atoms with Crippen LogP contribution in [0.4, 0.5) is 0 Å². The number of hydrogen-bond donors (Lipinski definition) is 2. The Hall–Kier alpha value is -2.04. The topological polar surface area (TPSA) is 45.0 Å². The summed E-state index contributed by atoms with van der Waals surface area (Å²) >= 11 is 6.07. The fraction of sp³-hybridized carbons (Fsp3) is 0.458. The van der Waals surface area contributed by atoms with E-state index in [2.05, 4.69) is 24.0 Å². The van der Waals surface area contributed by atoms with Crippen molar-refractivity contribution in [2.75, 3.05) is 19.6 Å². The molecule has 1 aliphatic rings. The highest BCUT2D eigenvalue weighted by molar-refractivity contribution is 6.30. The van der Waals surface area contributed by atoms with E-state index >= 15 is 0 Å². The van der Waals surface area contributed by atoms with Crippen LogP contribution < -0.4 is 4.90 Å². The van der Waals surface area contributed by atoms with Crippen molar-refractivity contribution in [2.24, 2.45) is 5.92 Å². The van der Waals surface area contributed by atoms with Crippen LogP contribution in [0.25, 0.3) is 0 Å². The van der Waals surface area contributed by atoms with E-state index in [1.807, 2.05) is 24.3 Å². The van der Waals surface area contributed by atoms with Gasteiger partial charge >= 0.3 is 0 Å². The van der Waals surface area contributed by atoms with Crippen LogP contribution in [0.3, 0.4) is 0 Å². The molecular formula is C24H32ClN2O2+. The van der Waals surface area contributed by atoms with Gasteiger partial charge in [-0.2, -0.15) is 0 Å². The van der Waals surface area contributed by atoms with E-state index in [1.165, 1.54) is 10.5 Å². The molecule has 0 atom stereocenters. The van der Waals surface area contributed by atoms with Crippen molar-refractivity contribution < 1.29 is 14.8 Å². The minimum Gasteiger partial charge on any atom is -0.507 e. The second kappa shape index (κ2) is 10.7. The summed E-state index contributed by atoms with van der Waals surface area (Å²) in [5.74, 6) is 0.702. The van der Waals surface area contributed by atoms with E-state index in [0.29, 0.717) is 23.2 Å². The maximum atomic E-state index is 13.2. The first-order valence-electron chi connectivity index (χ1n) is 10.7. The van der Waals surface area contributed by atoms with E-state index in [-0.39, 0.29) is 5.92 Å². The molecule has 5 heteroatoms. The predicted molar refractivity (Wildman–Crippen MR) is 117 cm³/mol. The van der Waals surface area contributed by atoms with Crippen LogP contribution in [0.5, 0.6) is 5.75 Å². The van der Waals surface area contributed by atoms with Gasteiger partial charge < -0.3 is 14.9 Å². The summed E-state index contributed by atoms with van der Waals surface area (Å²) in [6, 6.07) is 15.5. The number of aromatic hydroxyl groups is 1. The number of likely N-dealkylation sites (tertiary alicyclic amines) is 1. The smallest absolute Gasteiger partial charge is 0.226 e. The number of piperidine rings is 1. The van der Waals surface area contributed by atoms with Crippen LogP contribution in [0.2, 0.25) is 5.02 Å². The SMILES string of the molecule is CCCCN(Cc1ccccc1)C(=O)C1CC[NH+](Cc2cc(Cl)ccc2O)CC1. The lowest BCUT2D eigenvalue weighted by Gasteiger charge is -2.32. The number of hydrogen-bond acceptors (Lipinski definition) is 2. The molecule has 3 rings (SSSR count). The molecule has 29 heavy (non-hydrogen) atoms. The lowest BCUT2D eigenvalue weighted by molar-refractivity contribution is -0.919. The molecule has 156 valence electrons. The van der Waals surface area contributed by atoms with Crippen molar-refractivity contribution in [3.05, 3.63) is 64.7 Å². The summed E-state index contributed by atoms with van der Waals surface area (Å²) in [7, 11) is 0. The average Bonchev–Trinajstić information content (AvgIpc) is 2.74. The molecular weight excluding hydrogens is 384 g/mol. The number of rotatable bonds is 8. The molecule has 1 heterocycles. The van der Waals surface area contributed by atoms with Gasteiger partial charge in [0.15, 0.2) is 0 Å². The summed E-state index contributed by atoms with van der Waals surface area (Å²) < 4.78 is 0. The van der Waals surface area contributed by atoms with Crippen LogP contribution in [-0.4, -0.2) is 35.5 Å². The van der Waals surface area contributed by atoms with E-state index in [9.17, 15) is 9.90 Å². The molecule has 0 radical (unpaired) electrons. The minimum atomic E-state index is 0.104. The largest absolute Gasteiger partial charge is 0.507 e. The highest BCUT2D eigenvalue weighted by Gasteiger charge is 2.30. The summed E-state index contributed by atoms with van der Waals surface area (Å²) in [6.07, 6.45) is 3.92. The number of nitrogens with one attached hydrogen (secondary N) is 1. The first-order valence-corrected chi connectivity index (χ1v) is 11.1. The molecule has 0 aromatic heterocycles. The third-order valence-electron chi connectivity index (χ3n) is 5.83. The number of halogens is 1. The van der Waals surface area contributed by atoms with Gasteiger partial charge in [-0.25, -0.2) is 0 Å². The molecule has 0 aliphatic carbocycles. The number of unbranched alkanes of at least 4 members (excludes halogenated alkanes) is 1. The third-order valence-corrected chi connectivity index (χ3v) is 6.07. The fourth-order valence-corrected chi connectivity index (χ4v) is 4.29. The van der Waals surface area contributed by atoms with Gasteiger partial charge in [0.1, 0.15) is 12.3 Å². The van der Waals surface area contributed by atoms with Crippen molar-refractivity contribution in [1.82, 2.24) is 4.90 Å². The standard InChI is InChI=1S/C24H31ClN2O2/c1-2-3-13-27(17-19-7-5-4-6-8-19)24(29)20-11-14-26(15-12-20)18-21-16-22(25)9-10-23(21)28/h4-10,16,20,28H,2-3,11-15,17-18H2,1H3/p+1. The summed E-state index contributed by atoms with van der Waals surface area (Å²) in [6.45, 7) is 6.32. The van der Waals surface area contributed by atoms with E-state index in [1.54, 1.807) is 12.1 Å². The Kier molecular flexibility index (Phi) is 7.96. The highest BCUT2D eigenvalue weighted by atomic mass is 35.5. The van der Waals surface area contributed by atoms with Crippen LogP contribution in [0.1, 0.15) is 43.7 Å². The highest BCUT2D eigenvalue weighted by Crippen LogP contribution is 2.21. The zero-order valence-electron chi connectivity index (χ0n) is 17.2. The molecule has 0 bridgehead atoms. The molecule has 2 aromatic rings. The Labute approximate surface area is 179 Å². The predicted octanol–water partition coefficient (Wildman–Crippen LogP) is 3.67.